The largest absolute Gasteiger partial charge is 0.384 e. The van der Waals surface area contributed by atoms with E-state index in [2.05, 4.69) is 38.7 Å². The van der Waals surface area contributed by atoms with Gasteiger partial charge in [-0.05, 0) is 50.0 Å². The van der Waals surface area contributed by atoms with Crippen molar-refractivity contribution in [3.63, 3.8) is 0 Å². The van der Waals surface area contributed by atoms with Crippen LogP contribution < -0.4 is 10.6 Å². The Balaban J connectivity index is 0.00000242. The van der Waals surface area contributed by atoms with Gasteiger partial charge in [0.15, 0.2) is 0 Å². The maximum Gasteiger partial charge on any atom is 0.228 e. The van der Waals surface area contributed by atoms with E-state index in [-0.39, 0.29) is 23.7 Å². The molecule has 1 heterocycles. The molecule has 0 spiro atoms. The fraction of sp³-hybridized carbons (Fsp3) is 0.562. The van der Waals surface area contributed by atoms with Gasteiger partial charge in [0.2, 0.25) is 5.91 Å². The summed E-state index contributed by atoms with van der Waals surface area (Å²) in [6.07, 6.45) is 2.52. The Kier molecular flexibility index (Phi) is 8.39. The minimum Gasteiger partial charge on any atom is -0.384 e. The number of carbonyl (C=O) groups is 1. The lowest BCUT2D eigenvalue weighted by molar-refractivity contribution is -0.136. The molecule has 0 aromatic heterocycles. The predicted octanol–water partition coefficient (Wildman–Crippen LogP) is 2.55. The first-order valence-corrected chi connectivity index (χ1v) is 8.18. The summed E-state index contributed by atoms with van der Waals surface area (Å²) >= 11 is 3.42. The first-order chi connectivity index (χ1) is 10.2. The van der Waals surface area contributed by atoms with Gasteiger partial charge in [0.05, 0.1) is 12.0 Å². The van der Waals surface area contributed by atoms with Gasteiger partial charge >= 0.3 is 0 Å². The molecule has 124 valence electrons. The number of hydrogen-bond acceptors (Lipinski definition) is 3. The molecule has 1 aromatic carbocycles. The van der Waals surface area contributed by atoms with Crippen LogP contribution in [0.5, 0.6) is 0 Å². The Morgan fingerprint density at radius 3 is 2.55 bits per heavy atom. The molecule has 1 saturated heterocycles. The van der Waals surface area contributed by atoms with Gasteiger partial charge in [-0.15, -0.1) is 12.4 Å². The molecule has 0 aliphatic carbocycles. The number of nitrogens with one attached hydrogen (secondary N) is 2. The van der Waals surface area contributed by atoms with Crippen LogP contribution in [0, 0.1) is 5.41 Å². The minimum atomic E-state index is -0.361. The van der Waals surface area contributed by atoms with E-state index >= 15 is 0 Å². The van der Waals surface area contributed by atoms with Gasteiger partial charge in [-0.25, -0.2) is 0 Å². The van der Waals surface area contributed by atoms with E-state index in [9.17, 15) is 4.79 Å². The number of benzene rings is 1. The van der Waals surface area contributed by atoms with Crippen LogP contribution in [-0.4, -0.2) is 39.3 Å². The van der Waals surface area contributed by atoms with Crippen LogP contribution in [0.25, 0.3) is 0 Å². The summed E-state index contributed by atoms with van der Waals surface area (Å²) < 4.78 is 6.36. The molecule has 1 aliphatic rings. The zero-order chi connectivity index (χ0) is 15.1. The van der Waals surface area contributed by atoms with Crippen LogP contribution >= 0.6 is 28.3 Å². The number of rotatable bonds is 6. The first-order valence-electron chi connectivity index (χ1n) is 7.39. The van der Waals surface area contributed by atoms with E-state index in [1.54, 1.807) is 7.11 Å². The van der Waals surface area contributed by atoms with Gasteiger partial charge < -0.3 is 15.4 Å². The van der Waals surface area contributed by atoms with E-state index in [0.717, 1.165) is 36.8 Å². The predicted molar refractivity (Wildman–Crippen MR) is 94.5 cm³/mol. The normalized spacial score (nSPS) is 16.6. The lowest BCUT2D eigenvalue weighted by atomic mass is 9.78. The number of hydrogen-bond donors (Lipinski definition) is 2. The number of amides is 1. The van der Waals surface area contributed by atoms with Crippen molar-refractivity contribution in [2.24, 2.45) is 5.41 Å². The van der Waals surface area contributed by atoms with E-state index in [4.69, 9.17) is 4.74 Å². The van der Waals surface area contributed by atoms with Crippen LogP contribution in [0.2, 0.25) is 0 Å². The Labute approximate surface area is 146 Å². The van der Waals surface area contributed by atoms with Gasteiger partial charge in [-0.1, -0.05) is 28.1 Å². The highest BCUT2D eigenvalue weighted by molar-refractivity contribution is 9.10. The Morgan fingerprint density at radius 1 is 1.32 bits per heavy atom. The number of carbonyl (C=O) groups excluding carboxylic acids is 1. The molecule has 4 nitrogen and oxygen atoms in total. The molecule has 22 heavy (non-hydrogen) atoms. The van der Waals surface area contributed by atoms with E-state index < -0.39 is 0 Å². The molecular formula is C16H24BrClN2O2. The molecule has 1 fully saturated rings. The molecule has 1 amide bonds. The summed E-state index contributed by atoms with van der Waals surface area (Å²) in [6, 6.07) is 8.20. The lowest BCUT2D eigenvalue weighted by Crippen LogP contribution is -2.50. The third-order valence-corrected chi connectivity index (χ3v) is 4.60. The van der Waals surface area contributed by atoms with Crippen LogP contribution in [0.4, 0.5) is 0 Å². The van der Waals surface area contributed by atoms with Crippen molar-refractivity contribution < 1.29 is 9.53 Å². The Hall–Kier alpha value is -0.620. The molecule has 0 saturated carbocycles. The zero-order valence-corrected chi connectivity index (χ0v) is 15.3. The van der Waals surface area contributed by atoms with Crippen molar-refractivity contribution in [3.8, 4) is 0 Å². The highest BCUT2D eigenvalue weighted by atomic mass is 79.9. The second-order valence-corrected chi connectivity index (χ2v) is 6.51. The smallest absolute Gasteiger partial charge is 0.228 e. The van der Waals surface area contributed by atoms with Gasteiger partial charge in [0.1, 0.15) is 0 Å². The highest BCUT2D eigenvalue weighted by Crippen LogP contribution is 2.29. The molecule has 2 N–H and O–H groups in total. The Bertz CT molecular complexity index is 456. The number of ether oxygens (including phenoxy) is 1. The van der Waals surface area contributed by atoms with Gasteiger partial charge in [0.25, 0.3) is 0 Å². The van der Waals surface area contributed by atoms with Crippen molar-refractivity contribution in [1.29, 1.82) is 0 Å². The first kappa shape index (κ1) is 19.4. The maximum absolute atomic E-state index is 12.5. The highest BCUT2D eigenvalue weighted by Gasteiger charge is 2.39. The van der Waals surface area contributed by atoms with Crippen LogP contribution in [0.3, 0.4) is 0 Å². The molecule has 6 heteroatoms. The van der Waals surface area contributed by atoms with Crippen LogP contribution in [0.1, 0.15) is 18.4 Å². The summed E-state index contributed by atoms with van der Waals surface area (Å²) in [7, 11) is 1.67. The average Bonchev–Trinajstić information content (AvgIpc) is 2.50. The van der Waals surface area contributed by atoms with Gasteiger partial charge in [-0.3, -0.25) is 4.79 Å². The standard InChI is InChI=1S/C16H23BrN2O2.ClH/c1-21-12-16(7-10-18-11-8-16)15(20)19-9-6-13-2-4-14(17)5-3-13;/h2-5,18H,6-12H2,1H3,(H,19,20);1H. The fourth-order valence-electron chi connectivity index (χ4n) is 2.78. The molecule has 0 atom stereocenters. The Morgan fingerprint density at radius 2 is 1.95 bits per heavy atom. The van der Waals surface area contributed by atoms with Crippen molar-refractivity contribution in [3.05, 3.63) is 34.3 Å². The van der Waals surface area contributed by atoms with Gasteiger partial charge in [-0.2, -0.15) is 0 Å². The van der Waals surface area contributed by atoms with Gasteiger partial charge in [0, 0.05) is 18.1 Å². The SMILES string of the molecule is COCC1(C(=O)NCCc2ccc(Br)cc2)CCNCC1.Cl. The number of methoxy groups -OCH3 is 1. The zero-order valence-electron chi connectivity index (χ0n) is 12.9. The second kappa shape index (κ2) is 9.50. The molecular weight excluding hydrogens is 368 g/mol. The molecule has 1 aliphatic heterocycles. The molecule has 0 radical (unpaired) electrons. The number of piperidine rings is 1. The van der Waals surface area contributed by atoms with Crippen molar-refractivity contribution in [2.45, 2.75) is 19.3 Å². The van der Waals surface area contributed by atoms with Crippen molar-refractivity contribution in [2.75, 3.05) is 33.4 Å². The lowest BCUT2D eigenvalue weighted by Gasteiger charge is -2.35. The average molecular weight is 392 g/mol. The summed E-state index contributed by atoms with van der Waals surface area (Å²) in [6.45, 7) is 2.92. The van der Waals surface area contributed by atoms with Crippen LogP contribution in [-0.2, 0) is 16.0 Å². The summed E-state index contributed by atoms with van der Waals surface area (Å²) in [5.41, 5.74) is 0.865. The van der Waals surface area contributed by atoms with E-state index in [1.165, 1.54) is 5.56 Å². The van der Waals surface area contributed by atoms with Crippen LogP contribution in [0.15, 0.2) is 28.7 Å². The topological polar surface area (TPSA) is 50.4 Å². The monoisotopic (exact) mass is 390 g/mol. The third kappa shape index (κ3) is 5.23. The minimum absolute atomic E-state index is 0. The van der Waals surface area contributed by atoms with Crippen molar-refractivity contribution in [1.82, 2.24) is 10.6 Å². The quantitative estimate of drug-likeness (QED) is 0.783. The maximum atomic E-state index is 12.5. The van der Waals surface area contributed by atoms with E-state index in [0.29, 0.717) is 13.2 Å². The van der Waals surface area contributed by atoms with E-state index in [1.807, 2.05) is 12.1 Å². The molecule has 2 rings (SSSR count). The molecule has 0 bridgehead atoms. The summed E-state index contributed by atoms with van der Waals surface area (Å²) in [5.74, 6) is 0.128. The van der Waals surface area contributed by atoms with Crippen molar-refractivity contribution >= 4 is 34.2 Å². The fourth-order valence-corrected chi connectivity index (χ4v) is 3.04. The summed E-state index contributed by atoms with van der Waals surface area (Å²) in [4.78, 5) is 12.5. The number of halogens is 2. The summed E-state index contributed by atoms with van der Waals surface area (Å²) in [5, 5.41) is 6.38. The molecule has 0 unspecified atom stereocenters. The second-order valence-electron chi connectivity index (χ2n) is 5.60. The third-order valence-electron chi connectivity index (χ3n) is 4.08. The molecule has 1 aromatic rings.